The van der Waals surface area contributed by atoms with Crippen molar-refractivity contribution in [3.05, 3.63) is 23.3 Å². The Hall–Kier alpha value is -1.25. The normalized spacial score (nSPS) is 17.1. The molecule has 1 N–H and O–H groups in total. The fourth-order valence-corrected chi connectivity index (χ4v) is 4.65. The molecule has 0 aliphatic heterocycles. The Kier molecular flexibility index (Phi) is 4.37. The number of sulfonamides is 1. The van der Waals surface area contributed by atoms with Crippen LogP contribution in [0.3, 0.4) is 0 Å². The van der Waals surface area contributed by atoms with Crippen LogP contribution >= 0.6 is 11.3 Å². The second-order valence-electron chi connectivity index (χ2n) is 5.12. The fraction of sp³-hybridized carbons (Fsp3) is 0.538. The summed E-state index contributed by atoms with van der Waals surface area (Å²) in [6.07, 6.45) is 4.57. The van der Waals surface area contributed by atoms with Crippen LogP contribution in [0, 0.1) is 0 Å². The lowest BCUT2D eigenvalue weighted by molar-refractivity contribution is 0.422. The lowest BCUT2D eigenvalue weighted by Crippen LogP contribution is -2.35. The molecule has 0 radical (unpaired) electrons. The van der Waals surface area contributed by atoms with Gasteiger partial charge in [-0.05, 0) is 24.3 Å². The van der Waals surface area contributed by atoms with E-state index in [0.29, 0.717) is 11.7 Å². The maximum absolute atomic E-state index is 12.2. The molecule has 0 bridgehead atoms. The van der Waals surface area contributed by atoms with Gasteiger partial charge in [0.1, 0.15) is 0 Å². The second-order valence-corrected chi connectivity index (χ2v) is 8.11. The molecule has 114 valence electrons. The molecule has 3 rings (SSSR count). The highest BCUT2D eigenvalue weighted by Gasteiger charge is 2.27. The number of hydrogen-bond donors (Lipinski definition) is 1. The molecule has 2 heterocycles. The molecule has 21 heavy (non-hydrogen) atoms. The van der Waals surface area contributed by atoms with Crippen LogP contribution < -0.4 is 4.72 Å². The zero-order valence-corrected chi connectivity index (χ0v) is 13.1. The zero-order valence-electron chi connectivity index (χ0n) is 11.5. The van der Waals surface area contributed by atoms with Crippen LogP contribution in [0.25, 0.3) is 10.8 Å². The van der Waals surface area contributed by atoms with Crippen molar-refractivity contribution in [2.45, 2.75) is 43.9 Å². The molecule has 2 aromatic heterocycles. The lowest BCUT2D eigenvalue weighted by atomic mass is 10.0. The van der Waals surface area contributed by atoms with Crippen molar-refractivity contribution >= 4 is 21.4 Å². The van der Waals surface area contributed by atoms with Crippen molar-refractivity contribution in [2.75, 3.05) is 0 Å². The molecule has 0 saturated heterocycles. The van der Waals surface area contributed by atoms with Crippen molar-refractivity contribution in [3.8, 4) is 10.8 Å². The second kappa shape index (κ2) is 6.25. The third-order valence-corrected chi connectivity index (χ3v) is 6.38. The Morgan fingerprint density at radius 2 is 2.14 bits per heavy atom. The van der Waals surface area contributed by atoms with Crippen LogP contribution in [0.2, 0.25) is 0 Å². The molecule has 8 heteroatoms. The van der Waals surface area contributed by atoms with Gasteiger partial charge in [0.05, 0.1) is 16.7 Å². The molecule has 1 fully saturated rings. The van der Waals surface area contributed by atoms with E-state index in [1.165, 1.54) is 11.3 Å². The van der Waals surface area contributed by atoms with E-state index in [4.69, 9.17) is 4.52 Å². The largest absolute Gasteiger partial charge is 0.333 e. The van der Waals surface area contributed by atoms with E-state index in [9.17, 15) is 8.42 Å². The van der Waals surface area contributed by atoms with Gasteiger partial charge < -0.3 is 4.52 Å². The minimum absolute atomic E-state index is 0.0771. The van der Waals surface area contributed by atoms with Crippen LogP contribution in [-0.4, -0.2) is 23.8 Å². The van der Waals surface area contributed by atoms with Crippen molar-refractivity contribution in [3.63, 3.8) is 0 Å². The van der Waals surface area contributed by atoms with E-state index in [1.807, 2.05) is 17.5 Å². The Morgan fingerprint density at radius 3 is 2.86 bits per heavy atom. The van der Waals surface area contributed by atoms with Crippen molar-refractivity contribution in [2.24, 2.45) is 0 Å². The van der Waals surface area contributed by atoms with E-state index in [1.54, 1.807) is 0 Å². The van der Waals surface area contributed by atoms with E-state index in [-0.39, 0.29) is 11.8 Å². The quantitative estimate of drug-likeness (QED) is 0.912. The van der Waals surface area contributed by atoms with Crippen LogP contribution in [0.5, 0.6) is 0 Å². The molecule has 0 spiro atoms. The van der Waals surface area contributed by atoms with Gasteiger partial charge in [-0.25, -0.2) is 13.1 Å². The minimum Gasteiger partial charge on any atom is -0.333 e. The summed E-state index contributed by atoms with van der Waals surface area (Å²) in [6, 6.07) is 3.78. The summed E-state index contributed by atoms with van der Waals surface area (Å²) in [6.45, 7) is 0.0771. The van der Waals surface area contributed by atoms with E-state index < -0.39 is 10.0 Å². The topological polar surface area (TPSA) is 85.1 Å². The SMILES string of the molecule is O=S(=O)(NCc1noc(-c2cccs2)n1)C1CCCCC1. The first kappa shape index (κ1) is 14.7. The number of nitrogens with one attached hydrogen (secondary N) is 1. The summed E-state index contributed by atoms with van der Waals surface area (Å²) in [5.74, 6) is 0.787. The van der Waals surface area contributed by atoms with Gasteiger partial charge in [-0.3, -0.25) is 0 Å². The zero-order chi connectivity index (χ0) is 14.7. The summed E-state index contributed by atoms with van der Waals surface area (Å²) >= 11 is 1.50. The predicted octanol–water partition coefficient (Wildman–Crippen LogP) is 2.55. The van der Waals surface area contributed by atoms with E-state index in [2.05, 4.69) is 14.9 Å². The van der Waals surface area contributed by atoms with Crippen LogP contribution in [-0.2, 0) is 16.6 Å². The molecule has 1 saturated carbocycles. The first-order valence-corrected chi connectivity index (χ1v) is 9.43. The van der Waals surface area contributed by atoms with Crippen molar-refractivity contribution < 1.29 is 12.9 Å². The third kappa shape index (κ3) is 3.50. The van der Waals surface area contributed by atoms with Crippen LogP contribution in [0.15, 0.2) is 22.0 Å². The van der Waals surface area contributed by atoms with E-state index >= 15 is 0 Å². The highest BCUT2D eigenvalue weighted by Crippen LogP contribution is 2.24. The molecule has 0 aromatic carbocycles. The number of hydrogen-bond acceptors (Lipinski definition) is 6. The third-order valence-electron chi connectivity index (χ3n) is 3.62. The number of thiophene rings is 1. The smallest absolute Gasteiger partial charge is 0.268 e. The molecule has 0 atom stereocenters. The van der Waals surface area contributed by atoms with Crippen molar-refractivity contribution in [1.29, 1.82) is 0 Å². The van der Waals surface area contributed by atoms with Crippen LogP contribution in [0.4, 0.5) is 0 Å². The number of aromatic nitrogens is 2. The predicted molar refractivity (Wildman–Crippen MR) is 80.2 cm³/mol. The molecular weight excluding hydrogens is 310 g/mol. The van der Waals surface area contributed by atoms with Gasteiger partial charge in [0.15, 0.2) is 5.82 Å². The van der Waals surface area contributed by atoms with Gasteiger partial charge in [0, 0.05) is 0 Å². The van der Waals surface area contributed by atoms with Gasteiger partial charge in [0.2, 0.25) is 10.0 Å². The Balaban J connectivity index is 1.62. The highest BCUT2D eigenvalue weighted by atomic mass is 32.2. The average molecular weight is 327 g/mol. The number of rotatable bonds is 5. The molecular formula is C13H17N3O3S2. The van der Waals surface area contributed by atoms with Gasteiger partial charge >= 0.3 is 0 Å². The Labute approximate surface area is 127 Å². The maximum atomic E-state index is 12.2. The Morgan fingerprint density at radius 1 is 1.33 bits per heavy atom. The molecule has 1 aliphatic rings. The molecule has 2 aromatic rings. The minimum atomic E-state index is -3.30. The standard InChI is InChI=1S/C13H17N3O3S2/c17-21(18,10-5-2-1-3-6-10)14-9-12-15-13(19-16-12)11-7-4-8-20-11/h4,7-8,10,14H,1-3,5-6,9H2. The molecule has 6 nitrogen and oxygen atoms in total. The molecule has 0 unspecified atom stereocenters. The summed E-state index contributed by atoms with van der Waals surface area (Å²) in [4.78, 5) is 5.09. The average Bonchev–Trinajstić information content (AvgIpc) is 3.17. The number of nitrogens with zero attached hydrogens (tertiary/aromatic N) is 2. The summed E-state index contributed by atoms with van der Waals surface area (Å²) in [7, 11) is -3.30. The van der Waals surface area contributed by atoms with Gasteiger partial charge in [-0.15, -0.1) is 11.3 Å². The summed E-state index contributed by atoms with van der Waals surface area (Å²) in [5.41, 5.74) is 0. The molecule has 0 amide bonds. The van der Waals surface area contributed by atoms with Crippen LogP contribution in [0.1, 0.15) is 37.9 Å². The first-order valence-electron chi connectivity index (χ1n) is 7.00. The Bertz CT molecular complexity index is 673. The monoisotopic (exact) mass is 327 g/mol. The summed E-state index contributed by atoms with van der Waals surface area (Å²) in [5, 5.41) is 5.45. The highest BCUT2D eigenvalue weighted by molar-refractivity contribution is 7.90. The van der Waals surface area contributed by atoms with Crippen molar-refractivity contribution in [1.82, 2.24) is 14.9 Å². The fourth-order valence-electron chi connectivity index (χ4n) is 2.48. The summed E-state index contributed by atoms with van der Waals surface area (Å²) < 4.78 is 32.1. The van der Waals surface area contributed by atoms with Gasteiger partial charge in [0.25, 0.3) is 5.89 Å². The maximum Gasteiger partial charge on any atom is 0.268 e. The molecule has 1 aliphatic carbocycles. The lowest BCUT2D eigenvalue weighted by Gasteiger charge is -2.21. The van der Waals surface area contributed by atoms with Gasteiger partial charge in [-0.1, -0.05) is 30.5 Å². The van der Waals surface area contributed by atoms with E-state index in [0.717, 1.165) is 37.0 Å². The van der Waals surface area contributed by atoms with Gasteiger partial charge in [-0.2, -0.15) is 4.98 Å². The first-order chi connectivity index (χ1) is 10.1.